The van der Waals surface area contributed by atoms with E-state index < -0.39 is 7.35 Å². The third kappa shape index (κ3) is 2.59. The van der Waals surface area contributed by atoms with Crippen LogP contribution < -0.4 is 9.47 Å². The second kappa shape index (κ2) is 5.29. The SMILES string of the molecule is Clc1cc2c(cc1Cl)Oc1cc(Cl)c(Cl)cc1O2.[2H]C([2H])[3H]. The lowest BCUT2D eigenvalue weighted by atomic mass is 10.2. The molecule has 3 rings (SSSR count). The Kier molecular flexibility index (Phi) is 3.04. The van der Waals surface area contributed by atoms with Gasteiger partial charge in [-0.25, -0.2) is 0 Å². The van der Waals surface area contributed by atoms with Crippen molar-refractivity contribution in [2.75, 3.05) is 0 Å². The van der Waals surface area contributed by atoms with Gasteiger partial charge in [-0.2, -0.15) is 0 Å². The lowest BCUT2D eigenvalue weighted by Gasteiger charge is -2.21. The molecular formula is C13H8Cl4O2. The van der Waals surface area contributed by atoms with Crippen molar-refractivity contribution in [2.45, 2.75) is 7.35 Å². The van der Waals surface area contributed by atoms with Gasteiger partial charge in [0, 0.05) is 28.4 Å². The number of ether oxygens (including phenoxy) is 2. The summed E-state index contributed by atoms with van der Waals surface area (Å²) in [4.78, 5) is 0. The van der Waals surface area contributed by atoms with E-state index in [1.807, 2.05) is 0 Å². The summed E-state index contributed by atoms with van der Waals surface area (Å²) in [5.74, 6) is 1.93. The van der Waals surface area contributed by atoms with Crippen LogP contribution in [-0.2, 0) is 0 Å². The number of benzene rings is 2. The molecule has 2 nitrogen and oxygen atoms in total. The van der Waals surface area contributed by atoms with Gasteiger partial charge in [0.1, 0.15) is 0 Å². The Hall–Kier alpha value is -0.800. The highest BCUT2D eigenvalue weighted by atomic mass is 35.5. The van der Waals surface area contributed by atoms with Gasteiger partial charge in [0.15, 0.2) is 23.0 Å². The molecule has 0 bridgehead atoms. The summed E-state index contributed by atoms with van der Waals surface area (Å²) >= 11 is 23.7. The second-order valence-electron chi connectivity index (χ2n) is 3.63. The summed E-state index contributed by atoms with van der Waals surface area (Å²) in [6, 6.07) is 6.35. The molecule has 0 radical (unpaired) electrons. The molecule has 6 heteroatoms. The minimum atomic E-state index is -1.42. The maximum Gasteiger partial charge on any atom is 0.171 e. The van der Waals surface area contributed by atoms with Gasteiger partial charge in [0.25, 0.3) is 0 Å². The molecule has 2 aromatic carbocycles. The van der Waals surface area contributed by atoms with Crippen LogP contribution in [0, 0.1) is 0 Å². The highest BCUT2D eigenvalue weighted by Crippen LogP contribution is 2.49. The molecular weight excluding hydrogens is 330 g/mol. The van der Waals surface area contributed by atoms with Crippen LogP contribution in [-0.4, -0.2) is 0 Å². The molecule has 0 saturated carbocycles. The number of halogens is 4. The van der Waals surface area contributed by atoms with Crippen molar-refractivity contribution in [3.63, 3.8) is 0 Å². The molecule has 0 aromatic heterocycles. The first kappa shape index (κ1) is 10.9. The lowest BCUT2D eigenvalue weighted by Crippen LogP contribution is -1.99. The standard InChI is InChI=1S/C12H4Cl4O2.CH4/c13-5-1-9-10(2-6(5)14)18-12-4-8(16)7(15)3-11(12)17-9;/h1-4H;1H4/i;1TD2. The third-order valence-electron chi connectivity index (χ3n) is 2.41. The molecule has 100 valence electrons. The summed E-state index contributed by atoms with van der Waals surface area (Å²) in [6.45, 7) is 0. The zero-order valence-corrected chi connectivity index (χ0v) is 12.2. The Morgan fingerprint density at radius 3 is 1.21 bits per heavy atom. The summed E-state index contributed by atoms with van der Waals surface area (Å²) < 4.78 is 29.0. The minimum absolute atomic E-state index is 0.391. The molecule has 0 saturated heterocycles. The molecule has 0 spiro atoms. The zero-order valence-electron chi connectivity index (χ0n) is 12.2. The van der Waals surface area contributed by atoms with Crippen LogP contribution in [0.2, 0.25) is 20.1 Å². The number of hydrogen-bond acceptors (Lipinski definition) is 2. The molecule has 2 aromatic rings. The molecule has 1 aliphatic rings. The first-order valence-corrected chi connectivity index (χ1v) is 6.39. The Morgan fingerprint density at radius 1 is 0.789 bits per heavy atom. The zero-order chi connectivity index (χ0) is 16.4. The molecule has 1 aliphatic heterocycles. The van der Waals surface area contributed by atoms with Crippen LogP contribution in [0.25, 0.3) is 0 Å². The van der Waals surface area contributed by atoms with Gasteiger partial charge < -0.3 is 9.47 Å². The Labute approximate surface area is 135 Å². The fourth-order valence-corrected chi connectivity index (χ4v) is 2.19. The summed E-state index contributed by atoms with van der Waals surface area (Å²) in [6.07, 6.45) is 0. The number of hydrogen-bond donors (Lipinski definition) is 0. The molecule has 0 fully saturated rings. The maximum atomic E-state index is 5.92. The first-order chi connectivity index (χ1) is 10.3. The predicted molar refractivity (Wildman–Crippen MR) is 79.8 cm³/mol. The van der Waals surface area contributed by atoms with Crippen molar-refractivity contribution in [2.24, 2.45) is 0 Å². The molecule has 0 amide bonds. The molecule has 1 heterocycles. The Balaban J connectivity index is 0.000000396. The van der Waals surface area contributed by atoms with Crippen LogP contribution in [0.3, 0.4) is 0 Å². The second-order valence-corrected chi connectivity index (χ2v) is 5.26. The average molecular weight is 342 g/mol. The average Bonchev–Trinajstić information content (AvgIpc) is 2.39. The van der Waals surface area contributed by atoms with Gasteiger partial charge >= 0.3 is 0 Å². The normalized spacial score (nSPS) is 13.6. The monoisotopic (exact) mass is 340 g/mol. The van der Waals surface area contributed by atoms with Crippen molar-refractivity contribution in [1.82, 2.24) is 0 Å². The van der Waals surface area contributed by atoms with Crippen molar-refractivity contribution in [1.29, 1.82) is 0 Å². The fraction of sp³-hybridized carbons (Fsp3) is 0.0769. The Morgan fingerprint density at radius 2 is 1.00 bits per heavy atom. The van der Waals surface area contributed by atoms with E-state index in [2.05, 4.69) is 0 Å². The summed E-state index contributed by atoms with van der Waals surface area (Å²) in [7, 11) is -1.42. The number of rotatable bonds is 0. The maximum absolute atomic E-state index is 5.92. The quantitative estimate of drug-likeness (QED) is 0.446. The third-order valence-corrected chi connectivity index (χ3v) is 3.86. The van der Waals surface area contributed by atoms with Crippen LogP contribution in [0.1, 0.15) is 11.5 Å². The van der Waals surface area contributed by atoms with E-state index in [-0.39, 0.29) is 0 Å². The summed E-state index contributed by atoms with van der Waals surface area (Å²) in [5.41, 5.74) is 0. The van der Waals surface area contributed by atoms with Crippen molar-refractivity contribution in [3.8, 4) is 23.0 Å². The molecule has 0 unspecified atom stereocenters. The van der Waals surface area contributed by atoms with E-state index in [0.29, 0.717) is 43.1 Å². The number of fused-ring (bicyclic) bond motifs is 2. The van der Waals surface area contributed by atoms with Crippen LogP contribution in [0.5, 0.6) is 23.0 Å². The minimum Gasteiger partial charge on any atom is -0.449 e. The first-order valence-electron chi connectivity index (χ1n) is 6.61. The molecule has 0 aliphatic carbocycles. The van der Waals surface area contributed by atoms with E-state index in [0.717, 1.165) is 0 Å². The van der Waals surface area contributed by atoms with Crippen LogP contribution >= 0.6 is 46.4 Å². The van der Waals surface area contributed by atoms with Gasteiger partial charge in [-0.15, -0.1) is 0 Å². The van der Waals surface area contributed by atoms with Crippen molar-refractivity contribution >= 4 is 46.4 Å². The van der Waals surface area contributed by atoms with Crippen molar-refractivity contribution < 1.29 is 13.6 Å². The van der Waals surface area contributed by atoms with E-state index in [1.54, 1.807) is 24.3 Å². The fourth-order valence-electron chi connectivity index (χ4n) is 1.58. The lowest BCUT2D eigenvalue weighted by molar-refractivity contribution is 0.359. The summed E-state index contributed by atoms with van der Waals surface area (Å²) in [5, 5.41) is 1.56. The molecule has 19 heavy (non-hydrogen) atoms. The molecule has 0 N–H and O–H groups in total. The van der Waals surface area contributed by atoms with Crippen molar-refractivity contribution in [3.05, 3.63) is 44.4 Å². The van der Waals surface area contributed by atoms with Crippen LogP contribution in [0.4, 0.5) is 0 Å². The van der Waals surface area contributed by atoms with E-state index in [4.69, 9.17) is 60.0 Å². The predicted octanol–water partition coefficient (Wildman–Crippen LogP) is 6.83. The van der Waals surface area contributed by atoms with Gasteiger partial charge in [-0.05, 0) is 0 Å². The van der Waals surface area contributed by atoms with Crippen LogP contribution in [0.15, 0.2) is 24.3 Å². The van der Waals surface area contributed by atoms with E-state index in [1.165, 1.54) is 0 Å². The van der Waals surface area contributed by atoms with E-state index >= 15 is 0 Å². The topological polar surface area (TPSA) is 18.5 Å². The highest BCUT2D eigenvalue weighted by Gasteiger charge is 2.21. The Bertz CT molecular complexity index is 596. The molecule has 0 atom stereocenters. The van der Waals surface area contributed by atoms with Gasteiger partial charge in [0.2, 0.25) is 0 Å². The largest absolute Gasteiger partial charge is 0.449 e. The van der Waals surface area contributed by atoms with Gasteiger partial charge in [0.05, 0.1) is 20.1 Å². The van der Waals surface area contributed by atoms with E-state index in [9.17, 15) is 0 Å². The smallest absolute Gasteiger partial charge is 0.171 e. The van der Waals surface area contributed by atoms with Gasteiger partial charge in [-0.3, -0.25) is 0 Å². The van der Waals surface area contributed by atoms with Gasteiger partial charge in [-0.1, -0.05) is 53.8 Å². The highest BCUT2D eigenvalue weighted by molar-refractivity contribution is 6.42.